The van der Waals surface area contributed by atoms with Crippen LogP contribution in [0.5, 0.6) is 0 Å². The third kappa shape index (κ3) is 2.51. The molecule has 10 heteroatoms. The summed E-state index contributed by atoms with van der Waals surface area (Å²) in [6.07, 6.45) is 0. The molecule has 0 saturated heterocycles. The molecule has 0 saturated carbocycles. The molecule has 132 valence electrons. The maximum Gasteiger partial charge on any atom is 0.350 e. The van der Waals surface area contributed by atoms with Gasteiger partial charge in [-0.25, -0.2) is 36.7 Å². The van der Waals surface area contributed by atoms with E-state index in [4.69, 9.17) is 0 Å². The van der Waals surface area contributed by atoms with E-state index in [-0.39, 0.29) is 0 Å². The predicted molar refractivity (Wildman–Crippen MR) is 72.2 cm³/mol. The molecule has 0 spiro atoms. The molecule has 0 radical (unpaired) electrons. The SMILES string of the molecule is O=C1OC(=O)c2c(F)c(F)c(F)c(F)c21.O=C1OC(=O)c2ccccc21. The van der Waals surface area contributed by atoms with Gasteiger partial charge in [0.1, 0.15) is 11.1 Å². The molecular formula is C16H4F4O6. The molecule has 2 aliphatic heterocycles. The van der Waals surface area contributed by atoms with Gasteiger partial charge >= 0.3 is 23.9 Å². The second-order valence-corrected chi connectivity index (χ2v) is 4.91. The Labute approximate surface area is 140 Å². The lowest BCUT2D eigenvalue weighted by Crippen LogP contribution is -2.07. The average Bonchev–Trinajstić information content (AvgIpc) is 3.08. The Balaban J connectivity index is 0.000000158. The van der Waals surface area contributed by atoms with Crippen molar-refractivity contribution in [1.82, 2.24) is 0 Å². The molecule has 0 atom stereocenters. The fourth-order valence-corrected chi connectivity index (χ4v) is 2.23. The number of ether oxygens (including phenoxy) is 2. The minimum atomic E-state index is -2.15. The quantitative estimate of drug-likeness (QED) is 0.234. The van der Waals surface area contributed by atoms with E-state index < -0.39 is 58.3 Å². The number of esters is 4. The fraction of sp³-hybridized carbons (Fsp3) is 0. The summed E-state index contributed by atoms with van der Waals surface area (Å²) in [6, 6.07) is 6.53. The number of halogens is 4. The molecule has 0 unspecified atom stereocenters. The van der Waals surface area contributed by atoms with Gasteiger partial charge in [0.25, 0.3) is 0 Å². The van der Waals surface area contributed by atoms with Gasteiger partial charge in [0.05, 0.1) is 11.1 Å². The van der Waals surface area contributed by atoms with Crippen LogP contribution in [0.15, 0.2) is 24.3 Å². The Morgan fingerprint density at radius 2 is 0.885 bits per heavy atom. The molecule has 0 fully saturated rings. The van der Waals surface area contributed by atoms with Crippen molar-refractivity contribution in [2.45, 2.75) is 0 Å². The van der Waals surface area contributed by atoms with E-state index in [0.29, 0.717) is 11.1 Å². The van der Waals surface area contributed by atoms with Gasteiger partial charge in [0.2, 0.25) is 0 Å². The number of carbonyl (C=O) groups is 4. The predicted octanol–water partition coefficient (Wildman–Crippen LogP) is 2.55. The Morgan fingerprint density at radius 1 is 0.538 bits per heavy atom. The highest BCUT2D eigenvalue weighted by molar-refractivity contribution is 6.15. The monoisotopic (exact) mass is 368 g/mol. The van der Waals surface area contributed by atoms with Crippen LogP contribution in [0.3, 0.4) is 0 Å². The molecule has 0 aliphatic carbocycles. The number of carbonyl (C=O) groups excluding carboxylic acids is 4. The molecule has 4 rings (SSSR count). The molecule has 6 nitrogen and oxygen atoms in total. The van der Waals surface area contributed by atoms with Crippen LogP contribution in [0.1, 0.15) is 41.4 Å². The van der Waals surface area contributed by atoms with Crippen LogP contribution in [0.25, 0.3) is 0 Å². The van der Waals surface area contributed by atoms with Crippen LogP contribution >= 0.6 is 0 Å². The van der Waals surface area contributed by atoms with Crippen molar-refractivity contribution in [3.05, 3.63) is 69.8 Å². The van der Waals surface area contributed by atoms with E-state index in [0.717, 1.165) is 0 Å². The zero-order valence-corrected chi connectivity index (χ0v) is 12.3. The summed E-state index contributed by atoms with van der Waals surface area (Å²) >= 11 is 0. The standard InChI is InChI=1S/C8F4O3.C8H4O3/c9-3-1-2(8(14)15-7(1)13)4(10)6(12)5(3)11;9-7-5-3-1-2-4-6(5)8(10)11-7/h;1-4H. The molecule has 0 amide bonds. The topological polar surface area (TPSA) is 86.7 Å². The van der Waals surface area contributed by atoms with Gasteiger partial charge in [-0.3, -0.25) is 0 Å². The van der Waals surface area contributed by atoms with Crippen LogP contribution in [0.4, 0.5) is 17.6 Å². The van der Waals surface area contributed by atoms with E-state index in [1.54, 1.807) is 24.3 Å². The van der Waals surface area contributed by atoms with Crippen molar-refractivity contribution in [2.75, 3.05) is 0 Å². The minimum absolute atomic E-state index is 0.359. The smallest absolute Gasteiger partial charge is 0.350 e. The van der Waals surface area contributed by atoms with E-state index >= 15 is 0 Å². The van der Waals surface area contributed by atoms with Gasteiger partial charge in [-0.2, -0.15) is 0 Å². The van der Waals surface area contributed by atoms with Crippen molar-refractivity contribution in [1.29, 1.82) is 0 Å². The molecule has 0 bridgehead atoms. The summed E-state index contributed by atoms with van der Waals surface area (Å²) in [4.78, 5) is 43.2. The van der Waals surface area contributed by atoms with Crippen LogP contribution in [-0.2, 0) is 9.47 Å². The zero-order chi connectivity index (χ0) is 19.2. The summed E-state index contributed by atoms with van der Waals surface area (Å²) in [5.74, 6) is -12.3. The number of benzene rings is 2. The third-order valence-corrected chi connectivity index (χ3v) is 3.41. The van der Waals surface area contributed by atoms with Crippen molar-refractivity contribution in [2.24, 2.45) is 0 Å². The van der Waals surface area contributed by atoms with Gasteiger partial charge < -0.3 is 9.47 Å². The van der Waals surface area contributed by atoms with Crippen molar-refractivity contribution in [3.8, 4) is 0 Å². The lowest BCUT2D eigenvalue weighted by Gasteiger charge is -2.00. The molecule has 0 aromatic heterocycles. The van der Waals surface area contributed by atoms with Gasteiger partial charge in [-0.05, 0) is 12.1 Å². The maximum absolute atomic E-state index is 12.9. The fourth-order valence-electron chi connectivity index (χ4n) is 2.23. The summed E-state index contributed by atoms with van der Waals surface area (Å²) < 4.78 is 59.3. The van der Waals surface area contributed by atoms with Crippen LogP contribution in [0, 0.1) is 23.3 Å². The Kier molecular flexibility index (Phi) is 4.03. The Morgan fingerprint density at radius 3 is 1.27 bits per heavy atom. The van der Waals surface area contributed by atoms with E-state index in [1.807, 2.05) is 0 Å². The summed E-state index contributed by atoms with van der Waals surface area (Å²) in [6.45, 7) is 0. The number of cyclic esters (lactones) is 4. The molecule has 2 heterocycles. The van der Waals surface area contributed by atoms with Gasteiger partial charge in [-0.1, -0.05) is 12.1 Å². The Bertz CT molecular complexity index is 936. The Hall–Kier alpha value is -3.56. The number of fused-ring (bicyclic) bond motifs is 2. The van der Waals surface area contributed by atoms with Crippen LogP contribution < -0.4 is 0 Å². The number of hydrogen-bond donors (Lipinski definition) is 0. The lowest BCUT2D eigenvalue weighted by atomic mass is 10.1. The minimum Gasteiger partial charge on any atom is -0.386 e. The molecule has 26 heavy (non-hydrogen) atoms. The highest BCUT2D eigenvalue weighted by atomic mass is 19.2. The van der Waals surface area contributed by atoms with Crippen molar-refractivity contribution >= 4 is 23.9 Å². The van der Waals surface area contributed by atoms with E-state index in [1.165, 1.54) is 0 Å². The second kappa shape index (κ2) is 6.06. The molecule has 2 aromatic carbocycles. The highest BCUT2D eigenvalue weighted by Gasteiger charge is 2.40. The van der Waals surface area contributed by atoms with Gasteiger partial charge in [0.15, 0.2) is 23.3 Å². The van der Waals surface area contributed by atoms with E-state index in [2.05, 4.69) is 9.47 Å². The first-order chi connectivity index (χ1) is 12.2. The second-order valence-electron chi connectivity index (χ2n) is 4.91. The first-order valence-electron chi connectivity index (χ1n) is 6.72. The molecule has 2 aromatic rings. The summed E-state index contributed by atoms with van der Waals surface area (Å²) in [7, 11) is 0. The van der Waals surface area contributed by atoms with Gasteiger partial charge in [0, 0.05) is 0 Å². The lowest BCUT2D eigenvalue weighted by molar-refractivity contribution is 0.0423. The van der Waals surface area contributed by atoms with Crippen LogP contribution in [0.2, 0.25) is 0 Å². The van der Waals surface area contributed by atoms with Crippen molar-refractivity contribution in [3.63, 3.8) is 0 Å². The first kappa shape index (κ1) is 17.3. The van der Waals surface area contributed by atoms with Crippen molar-refractivity contribution < 1.29 is 46.2 Å². The maximum atomic E-state index is 12.9. The van der Waals surface area contributed by atoms with Gasteiger partial charge in [-0.15, -0.1) is 0 Å². The molecular weight excluding hydrogens is 364 g/mol. The molecule has 0 N–H and O–H groups in total. The number of rotatable bonds is 0. The first-order valence-corrected chi connectivity index (χ1v) is 6.72. The summed E-state index contributed by atoms with van der Waals surface area (Å²) in [5, 5.41) is 0. The number of hydrogen-bond acceptors (Lipinski definition) is 6. The zero-order valence-electron chi connectivity index (χ0n) is 12.3. The molecule has 2 aliphatic rings. The average molecular weight is 368 g/mol. The summed E-state index contributed by atoms with van der Waals surface area (Å²) in [5.41, 5.74) is -1.71. The largest absolute Gasteiger partial charge is 0.386 e. The third-order valence-electron chi connectivity index (χ3n) is 3.41. The van der Waals surface area contributed by atoms with Crippen LogP contribution in [-0.4, -0.2) is 23.9 Å². The normalized spacial score (nSPS) is 14.3. The highest BCUT2D eigenvalue weighted by Crippen LogP contribution is 2.29. The van der Waals surface area contributed by atoms with E-state index in [9.17, 15) is 36.7 Å².